The van der Waals surface area contributed by atoms with E-state index in [0.29, 0.717) is 5.69 Å². The summed E-state index contributed by atoms with van der Waals surface area (Å²) in [4.78, 5) is 12.4. The second-order valence-electron chi connectivity index (χ2n) is 4.99. The number of alkyl halides is 3. The SMILES string of the molecule is NCc1cc(Nc2nccc(C(F)(F)F)n2)cc(-c2cnc(Br)s2)c1. The van der Waals surface area contributed by atoms with Crippen molar-refractivity contribution < 1.29 is 13.2 Å². The summed E-state index contributed by atoms with van der Waals surface area (Å²) >= 11 is 4.74. The summed E-state index contributed by atoms with van der Waals surface area (Å²) in [5, 5.41) is 2.80. The van der Waals surface area contributed by atoms with Crippen LogP contribution in [0, 0.1) is 0 Å². The van der Waals surface area contributed by atoms with E-state index in [4.69, 9.17) is 5.73 Å². The van der Waals surface area contributed by atoms with Crippen LogP contribution in [0.3, 0.4) is 0 Å². The number of anilines is 2. The Morgan fingerprint density at radius 3 is 2.64 bits per heavy atom. The van der Waals surface area contributed by atoms with Crippen molar-refractivity contribution in [3.63, 3.8) is 0 Å². The van der Waals surface area contributed by atoms with Gasteiger partial charge >= 0.3 is 6.18 Å². The lowest BCUT2D eigenvalue weighted by Gasteiger charge is -2.11. The average Bonchev–Trinajstić information content (AvgIpc) is 3.00. The Hall–Kier alpha value is -2.04. The molecule has 3 N–H and O–H groups in total. The molecule has 10 heteroatoms. The van der Waals surface area contributed by atoms with E-state index < -0.39 is 11.9 Å². The molecule has 0 radical (unpaired) electrons. The second-order valence-corrected chi connectivity index (χ2v) is 7.30. The van der Waals surface area contributed by atoms with Crippen molar-refractivity contribution in [3.8, 4) is 10.4 Å². The molecule has 0 aliphatic rings. The van der Waals surface area contributed by atoms with Crippen LogP contribution < -0.4 is 11.1 Å². The van der Waals surface area contributed by atoms with Gasteiger partial charge in [-0.25, -0.2) is 15.0 Å². The number of nitrogens with two attached hydrogens (primary N) is 1. The van der Waals surface area contributed by atoms with Crippen molar-refractivity contribution in [1.29, 1.82) is 0 Å². The van der Waals surface area contributed by atoms with E-state index in [2.05, 4.69) is 36.2 Å². The Morgan fingerprint density at radius 2 is 2.00 bits per heavy atom. The normalized spacial score (nSPS) is 11.6. The highest BCUT2D eigenvalue weighted by atomic mass is 79.9. The van der Waals surface area contributed by atoms with E-state index in [-0.39, 0.29) is 12.5 Å². The minimum Gasteiger partial charge on any atom is -0.326 e. The fraction of sp³-hybridized carbons (Fsp3) is 0.133. The topological polar surface area (TPSA) is 76.7 Å². The van der Waals surface area contributed by atoms with Crippen molar-refractivity contribution in [3.05, 3.63) is 51.8 Å². The lowest BCUT2D eigenvalue weighted by molar-refractivity contribution is -0.141. The first-order valence-corrected chi connectivity index (χ1v) is 8.59. The smallest absolute Gasteiger partial charge is 0.326 e. The summed E-state index contributed by atoms with van der Waals surface area (Å²) in [7, 11) is 0. The van der Waals surface area contributed by atoms with Gasteiger partial charge in [-0.05, 0) is 51.3 Å². The Labute approximate surface area is 153 Å². The van der Waals surface area contributed by atoms with Gasteiger partial charge in [0.15, 0.2) is 3.92 Å². The van der Waals surface area contributed by atoms with Crippen LogP contribution in [0.1, 0.15) is 11.3 Å². The molecule has 0 aliphatic carbocycles. The molecule has 3 aromatic rings. The number of nitrogens with one attached hydrogen (secondary N) is 1. The van der Waals surface area contributed by atoms with Gasteiger partial charge in [-0.2, -0.15) is 13.2 Å². The maximum absolute atomic E-state index is 12.8. The Morgan fingerprint density at radius 1 is 1.20 bits per heavy atom. The molecule has 0 aliphatic heterocycles. The fourth-order valence-electron chi connectivity index (χ4n) is 2.12. The summed E-state index contributed by atoms with van der Waals surface area (Å²) in [6.07, 6.45) is -1.76. The predicted octanol–water partition coefficient (Wildman–Crippen LogP) is 4.58. The molecule has 1 aromatic carbocycles. The van der Waals surface area contributed by atoms with Crippen LogP contribution in [0.25, 0.3) is 10.4 Å². The van der Waals surface area contributed by atoms with Crippen LogP contribution in [0.4, 0.5) is 24.8 Å². The van der Waals surface area contributed by atoms with Crippen LogP contribution in [0.15, 0.2) is 40.6 Å². The second kappa shape index (κ2) is 7.06. The van der Waals surface area contributed by atoms with E-state index in [1.54, 1.807) is 18.3 Å². The molecule has 0 fully saturated rings. The number of halogens is 4. The highest BCUT2D eigenvalue weighted by Crippen LogP contribution is 2.32. The van der Waals surface area contributed by atoms with Crippen molar-refractivity contribution in [2.75, 3.05) is 5.32 Å². The molecule has 0 saturated heterocycles. The minimum atomic E-state index is -4.53. The first-order valence-electron chi connectivity index (χ1n) is 6.98. The molecule has 25 heavy (non-hydrogen) atoms. The zero-order valence-corrected chi connectivity index (χ0v) is 14.9. The Kier molecular flexibility index (Phi) is 5.02. The van der Waals surface area contributed by atoms with E-state index >= 15 is 0 Å². The molecule has 0 atom stereocenters. The van der Waals surface area contributed by atoms with Crippen LogP contribution in [0.2, 0.25) is 0 Å². The number of thiazole rings is 1. The molecule has 2 aromatic heterocycles. The predicted molar refractivity (Wildman–Crippen MR) is 93.5 cm³/mol. The van der Waals surface area contributed by atoms with E-state index in [0.717, 1.165) is 32.2 Å². The molecule has 2 heterocycles. The van der Waals surface area contributed by atoms with Crippen LogP contribution in [-0.2, 0) is 12.7 Å². The molecule has 5 nitrogen and oxygen atoms in total. The fourth-order valence-corrected chi connectivity index (χ4v) is 3.37. The molecule has 0 spiro atoms. The van der Waals surface area contributed by atoms with E-state index in [1.807, 2.05) is 6.07 Å². The molecule has 0 amide bonds. The molecule has 0 saturated carbocycles. The molecule has 3 rings (SSSR count). The lowest BCUT2D eigenvalue weighted by atomic mass is 10.1. The first kappa shape index (κ1) is 17.8. The van der Waals surface area contributed by atoms with Gasteiger partial charge in [0, 0.05) is 24.6 Å². The average molecular weight is 430 g/mol. The molecule has 0 unspecified atom stereocenters. The Balaban J connectivity index is 1.95. The van der Waals surface area contributed by atoms with Crippen molar-refractivity contribution in [2.45, 2.75) is 12.7 Å². The summed E-state index contributed by atoms with van der Waals surface area (Å²) in [5.74, 6) is -0.138. The molecular weight excluding hydrogens is 419 g/mol. The molecule has 130 valence electrons. The van der Waals surface area contributed by atoms with Gasteiger partial charge in [0.25, 0.3) is 0 Å². The van der Waals surface area contributed by atoms with Gasteiger partial charge in [0.2, 0.25) is 5.95 Å². The van der Waals surface area contributed by atoms with Crippen molar-refractivity contribution in [1.82, 2.24) is 15.0 Å². The summed E-state index contributed by atoms with van der Waals surface area (Å²) in [6.45, 7) is 0.284. The van der Waals surface area contributed by atoms with E-state index in [1.165, 1.54) is 11.3 Å². The maximum atomic E-state index is 12.8. The van der Waals surface area contributed by atoms with Crippen LogP contribution >= 0.6 is 27.3 Å². The van der Waals surface area contributed by atoms with E-state index in [9.17, 15) is 13.2 Å². The standard InChI is InChI=1S/C15H11BrF3N5S/c16-13-22-7-11(25-13)9-3-8(6-20)4-10(5-9)23-14-21-2-1-12(24-14)15(17,18)19/h1-5,7H,6,20H2,(H,21,23,24). The third kappa shape index (κ3) is 4.33. The maximum Gasteiger partial charge on any atom is 0.433 e. The summed E-state index contributed by atoms with van der Waals surface area (Å²) < 4.78 is 39.0. The summed E-state index contributed by atoms with van der Waals surface area (Å²) in [5.41, 5.74) is 6.92. The lowest BCUT2D eigenvalue weighted by Crippen LogP contribution is -2.10. The minimum absolute atomic E-state index is 0.138. The van der Waals surface area contributed by atoms with Gasteiger partial charge < -0.3 is 11.1 Å². The highest BCUT2D eigenvalue weighted by molar-refractivity contribution is 9.11. The van der Waals surface area contributed by atoms with Crippen molar-refractivity contribution in [2.24, 2.45) is 5.73 Å². The first-order chi connectivity index (χ1) is 11.8. The highest BCUT2D eigenvalue weighted by Gasteiger charge is 2.32. The number of hydrogen-bond acceptors (Lipinski definition) is 6. The Bertz CT molecular complexity index is 897. The quantitative estimate of drug-likeness (QED) is 0.634. The third-order valence-electron chi connectivity index (χ3n) is 3.19. The third-order valence-corrected chi connectivity index (χ3v) is 4.72. The van der Waals surface area contributed by atoms with Gasteiger partial charge in [-0.15, -0.1) is 11.3 Å². The summed E-state index contributed by atoms with van der Waals surface area (Å²) in [6, 6.07) is 6.24. The largest absolute Gasteiger partial charge is 0.433 e. The van der Waals surface area contributed by atoms with Crippen molar-refractivity contribution >= 4 is 38.9 Å². The number of rotatable bonds is 4. The van der Waals surface area contributed by atoms with Gasteiger partial charge in [0.05, 0.1) is 4.88 Å². The number of nitrogens with zero attached hydrogens (tertiary/aromatic N) is 3. The van der Waals surface area contributed by atoms with Crippen LogP contribution in [0.5, 0.6) is 0 Å². The monoisotopic (exact) mass is 429 g/mol. The number of hydrogen-bond donors (Lipinski definition) is 2. The van der Waals surface area contributed by atoms with Gasteiger partial charge in [0.1, 0.15) is 5.69 Å². The zero-order valence-electron chi connectivity index (χ0n) is 12.5. The van der Waals surface area contributed by atoms with Crippen LogP contribution in [-0.4, -0.2) is 15.0 Å². The number of aromatic nitrogens is 3. The molecule has 0 bridgehead atoms. The molecular formula is C15H11BrF3N5S. The van der Waals surface area contributed by atoms with Gasteiger partial charge in [-0.1, -0.05) is 0 Å². The van der Waals surface area contributed by atoms with Gasteiger partial charge in [-0.3, -0.25) is 0 Å². The zero-order chi connectivity index (χ0) is 18.0. The number of benzene rings is 1.